The van der Waals surface area contributed by atoms with Crippen LogP contribution < -0.4 is 10.6 Å². The van der Waals surface area contributed by atoms with Gasteiger partial charge in [0.2, 0.25) is 5.91 Å². The number of rotatable bonds is 5. The Bertz CT molecular complexity index is 619. The molecule has 1 spiro atoms. The first-order valence-electron chi connectivity index (χ1n) is 9.05. The van der Waals surface area contributed by atoms with Crippen LogP contribution in [-0.4, -0.2) is 67.2 Å². The maximum atomic E-state index is 11.9. The highest BCUT2D eigenvalue weighted by Gasteiger charge is 2.40. The van der Waals surface area contributed by atoms with E-state index in [0.717, 1.165) is 31.6 Å². The largest absolute Gasteiger partial charge is 0.374 e. The Morgan fingerprint density at radius 2 is 2.33 bits per heavy atom. The lowest BCUT2D eigenvalue weighted by atomic mass is 9.90. The number of guanidine groups is 1. The molecule has 152 valence electrons. The lowest BCUT2D eigenvalue weighted by Gasteiger charge is -2.38. The van der Waals surface area contributed by atoms with Crippen LogP contribution in [-0.2, 0) is 16.1 Å². The summed E-state index contributed by atoms with van der Waals surface area (Å²) in [5, 5.41) is 8.99. The van der Waals surface area contributed by atoms with Gasteiger partial charge in [0.25, 0.3) is 0 Å². The lowest BCUT2D eigenvalue weighted by molar-refractivity contribution is -0.127. The molecule has 0 saturated carbocycles. The number of hydrogen-bond donors (Lipinski definition) is 2. The van der Waals surface area contributed by atoms with Crippen molar-refractivity contribution in [1.82, 2.24) is 15.5 Å². The van der Waals surface area contributed by atoms with E-state index in [1.807, 2.05) is 17.8 Å². The standard InChI is InChI=1S/C18H28N4O2S2.HI/c1-22(2)16(23)12-20-17(19-11-15-4-3-8-26-15)21-14-5-7-24-18(10-14)6-9-25-13-18;/h3-4,8,14H,5-7,9-13H2,1-2H3,(H2,19,20,21);1H. The van der Waals surface area contributed by atoms with Gasteiger partial charge < -0.3 is 20.3 Å². The van der Waals surface area contributed by atoms with Gasteiger partial charge in [-0.1, -0.05) is 6.07 Å². The van der Waals surface area contributed by atoms with Gasteiger partial charge in [0.15, 0.2) is 5.96 Å². The van der Waals surface area contributed by atoms with Crippen molar-refractivity contribution in [3.63, 3.8) is 0 Å². The van der Waals surface area contributed by atoms with Crippen molar-refractivity contribution in [3.05, 3.63) is 22.4 Å². The van der Waals surface area contributed by atoms with E-state index in [1.54, 1.807) is 30.3 Å². The highest BCUT2D eigenvalue weighted by atomic mass is 127. The van der Waals surface area contributed by atoms with Gasteiger partial charge in [-0.15, -0.1) is 35.3 Å². The van der Waals surface area contributed by atoms with Crippen LogP contribution in [0.2, 0.25) is 0 Å². The fourth-order valence-electron chi connectivity index (χ4n) is 3.23. The molecule has 0 aliphatic carbocycles. The van der Waals surface area contributed by atoms with Crippen molar-refractivity contribution < 1.29 is 9.53 Å². The first-order chi connectivity index (χ1) is 12.6. The molecule has 2 atom stereocenters. The molecular formula is C18H29IN4O2S2. The van der Waals surface area contributed by atoms with E-state index in [4.69, 9.17) is 4.74 Å². The number of nitrogens with one attached hydrogen (secondary N) is 2. The van der Waals surface area contributed by atoms with Gasteiger partial charge in [0.05, 0.1) is 12.1 Å². The smallest absolute Gasteiger partial charge is 0.243 e. The van der Waals surface area contributed by atoms with Crippen molar-refractivity contribution in [3.8, 4) is 0 Å². The van der Waals surface area contributed by atoms with Crippen molar-refractivity contribution in [1.29, 1.82) is 0 Å². The predicted molar refractivity (Wildman–Crippen MR) is 124 cm³/mol. The van der Waals surface area contributed by atoms with Crippen LogP contribution >= 0.6 is 47.1 Å². The zero-order valence-corrected chi connectivity index (χ0v) is 19.9. The number of thiophene rings is 1. The van der Waals surface area contributed by atoms with Crippen molar-refractivity contribution in [2.45, 2.75) is 37.5 Å². The van der Waals surface area contributed by atoms with E-state index in [1.165, 1.54) is 10.6 Å². The van der Waals surface area contributed by atoms with Gasteiger partial charge >= 0.3 is 0 Å². The Kier molecular flexibility index (Phi) is 9.17. The topological polar surface area (TPSA) is 66.0 Å². The molecule has 2 N–H and O–H groups in total. The van der Waals surface area contributed by atoms with Crippen LogP contribution in [0.3, 0.4) is 0 Å². The molecule has 6 nitrogen and oxygen atoms in total. The van der Waals surface area contributed by atoms with E-state index in [2.05, 4.69) is 27.1 Å². The molecule has 2 saturated heterocycles. The number of aliphatic imine (C=N–C) groups is 1. The number of hydrogen-bond acceptors (Lipinski definition) is 5. The second-order valence-corrected chi connectivity index (χ2v) is 9.19. The minimum Gasteiger partial charge on any atom is -0.374 e. The first-order valence-corrected chi connectivity index (χ1v) is 11.1. The third-order valence-corrected chi connectivity index (χ3v) is 6.88. The summed E-state index contributed by atoms with van der Waals surface area (Å²) in [6.07, 6.45) is 3.10. The number of carbonyl (C=O) groups excluding carboxylic acids is 1. The maximum Gasteiger partial charge on any atom is 0.243 e. The number of amides is 1. The summed E-state index contributed by atoms with van der Waals surface area (Å²) in [6, 6.07) is 4.47. The molecular weight excluding hydrogens is 495 g/mol. The summed E-state index contributed by atoms with van der Waals surface area (Å²) in [4.78, 5) is 19.2. The number of carbonyl (C=O) groups is 1. The van der Waals surface area contributed by atoms with Crippen LogP contribution in [0.1, 0.15) is 24.1 Å². The van der Waals surface area contributed by atoms with Crippen LogP contribution in [0.5, 0.6) is 0 Å². The van der Waals surface area contributed by atoms with Crippen LogP contribution in [0.25, 0.3) is 0 Å². The maximum absolute atomic E-state index is 11.9. The fourth-order valence-corrected chi connectivity index (χ4v) is 5.26. The van der Waals surface area contributed by atoms with Gasteiger partial charge in [-0.25, -0.2) is 4.99 Å². The molecule has 1 aromatic rings. The second kappa shape index (κ2) is 10.9. The number of likely N-dealkylation sites (N-methyl/N-ethyl adjacent to an activating group) is 1. The molecule has 0 radical (unpaired) electrons. The van der Waals surface area contributed by atoms with E-state index >= 15 is 0 Å². The number of nitrogens with zero attached hydrogens (tertiary/aromatic N) is 2. The molecule has 3 heterocycles. The van der Waals surface area contributed by atoms with E-state index < -0.39 is 0 Å². The zero-order chi connectivity index (χ0) is 18.4. The molecule has 1 aromatic heterocycles. The monoisotopic (exact) mass is 524 g/mol. The molecule has 2 fully saturated rings. The van der Waals surface area contributed by atoms with Gasteiger partial charge in [-0.05, 0) is 36.5 Å². The lowest BCUT2D eigenvalue weighted by Crippen LogP contribution is -2.51. The molecule has 2 aliphatic rings. The number of ether oxygens (including phenoxy) is 1. The fraction of sp³-hybridized carbons (Fsp3) is 0.667. The zero-order valence-electron chi connectivity index (χ0n) is 15.9. The van der Waals surface area contributed by atoms with Gasteiger partial charge in [-0.2, -0.15) is 11.8 Å². The third kappa shape index (κ3) is 6.79. The van der Waals surface area contributed by atoms with Crippen molar-refractivity contribution in [2.75, 3.05) is 38.8 Å². The van der Waals surface area contributed by atoms with Crippen LogP contribution in [0.15, 0.2) is 22.5 Å². The molecule has 3 rings (SSSR count). The van der Waals surface area contributed by atoms with E-state index in [0.29, 0.717) is 18.5 Å². The Morgan fingerprint density at radius 3 is 3.00 bits per heavy atom. The van der Waals surface area contributed by atoms with Gasteiger partial charge in [0, 0.05) is 37.4 Å². The molecule has 0 aromatic carbocycles. The van der Waals surface area contributed by atoms with Gasteiger partial charge in [0.1, 0.15) is 6.54 Å². The Labute approximate surface area is 186 Å². The SMILES string of the molecule is CN(C)C(=O)CN=C(NCc1cccs1)NC1CCOC2(CCSC2)C1.I. The number of thioether (sulfide) groups is 1. The minimum atomic E-state index is -0.00198. The quantitative estimate of drug-likeness (QED) is 0.352. The van der Waals surface area contributed by atoms with E-state index in [-0.39, 0.29) is 42.0 Å². The molecule has 1 amide bonds. The third-order valence-electron chi connectivity index (χ3n) is 4.78. The average Bonchev–Trinajstić information content (AvgIpc) is 3.29. The summed E-state index contributed by atoms with van der Waals surface area (Å²) in [5.41, 5.74) is 0.0267. The van der Waals surface area contributed by atoms with Crippen LogP contribution in [0, 0.1) is 0 Å². The number of halogens is 1. The summed E-state index contributed by atoms with van der Waals surface area (Å²) in [7, 11) is 3.51. The Balaban J connectivity index is 0.00000261. The highest BCUT2D eigenvalue weighted by molar-refractivity contribution is 14.0. The first kappa shape index (κ1) is 22.8. The minimum absolute atomic E-state index is 0. The summed E-state index contributed by atoms with van der Waals surface area (Å²) in [6.45, 7) is 1.65. The Hall–Kier alpha value is -0.520. The predicted octanol–water partition coefficient (Wildman–Crippen LogP) is 2.54. The molecule has 2 aliphatic heterocycles. The average molecular weight is 524 g/mol. The van der Waals surface area contributed by atoms with Crippen LogP contribution in [0.4, 0.5) is 0 Å². The Morgan fingerprint density at radius 1 is 1.48 bits per heavy atom. The molecule has 2 unspecified atom stereocenters. The van der Waals surface area contributed by atoms with Gasteiger partial charge in [-0.3, -0.25) is 4.79 Å². The molecule has 0 bridgehead atoms. The van der Waals surface area contributed by atoms with Crippen molar-refractivity contribution in [2.24, 2.45) is 4.99 Å². The summed E-state index contributed by atoms with van der Waals surface area (Å²) in [5.74, 6) is 2.97. The van der Waals surface area contributed by atoms with E-state index in [9.17, 15) is 4.79 Å². The molecule has 9 heteroatoms. The normalized spacial score (nSPS) is 25.1. The second-order valence-electron chi connectivity index (χ2n) is 7.05. The summed E-state index contributed by atoms with van der Waals surface area (Å²) < 4.78 is 6.11. The molecule has 27 heavy (non-hydrogen) atoms. The van der Waals surface area contributed by atoms with Crippen molar-refractivity contribution >= 4 is 58.9 Å². The highest BCUT2D eigenvalue weighted by Crippen LogP contribution is 2.38. The summed E-state index contributed by atoms with van der Waals surface area (Å²) >= 11 is 3.69.